The summed E-state index contributed by atoms with van der Waals surface area (Å²) in [5, 5.41) is 39.0. The number of anilines is 2. The molecule has 4 saturated heterocycles. The van der Waals surface area contributed by atoms with Gasteiger partial charge in [0.15, 0.2) is 0 Å². The Balaban J connectivity index is 0.000000122. The van der Waals surface area contributed by atoms with Gasteiger partial charge in [-0.15, -0.1) is 0 Å². The molecular weight excluding hydrogens is 1790 g/mol. The highest BCUT2D eigenvalue weighted by atomic mass is 127. The second-order valence-electron chi connectivity index (χ2n) is 32.6. The van der Waals surface area contributed by atoms with Gasteiger partial charge in [0.05, 0.1) is 129 Å². The summed E-state index contributed by atoms with van der Waals surface area (Å²) in [4.78, 5) is 116. The number of benzene rings is 6. The maximum absolute atomic E-state index is 13.4. The van der Waals surface area contributed by atoms with Crippen molar-refractivity contribution in [3.8, 4) is 40.6 Å². The number of halogens is 4. The number of nitrogens with zero attached hydrogens (tertiary/aromatic N) is 12. The van der Waals surface area contributed by atoms with Crippen LogP contribution in [0.15, 0.2) is 219 Å². The number of carbonyl (C=O) groups is 8. The second kappa shape index (κ2) is 39.6. The molecule has 21 rings (SSSR count). The Labute approximate surface area is 757 Å². The van der Waals surface area contributed by atoms with Crippen molar-refractivity contribution in [3.05, 3.63) is 263 Å². The molecule has 11 heterocycles. The van der Waals surface area contributed by atoms with E-state index >= 15 is 0 Å². The number of nitrogens with one attached hydrogen (secondary N) is 5. The molecule has 0 radical (unpaired) electrons. The first-order valence-corrected chi connectivity index (χ1v) is 43.5. The topological polar surface area (TPSA) is 391 Å². The summed E-state index contributed by atoms with van der Waals surface area (Å²) in [5.41, 5.74) is 15.8. The third kappa shape index (κ3) is 21.1. The van der Waals surface area contributed by atoms with Crippen LogP contribution >= 0.6 is 22.6 Å². The lowest BCUT2D eigenvalue weighted by molar-refractivity contribution is -0.138. The number of aliphatic carboxylic acids is 1. The maximum Gasteiger partial charge on any atom is 0.306 e. The molecule has 8 atom stereocenters. The van der Waals surface area contributed by atoms with E-state index in [1.807, 2.05) is 83.7 Å². The Morgan fingerprint density at radius 3 is 1.07 bits per heavy atom. The van der Waals surface area contributed by atoms with Crippen molar-refractivity contribution in [1.29, 1.82) is 0 Å². The average Bonchev–Trinajstić information content (AvgIpc) is 1.61. The number of hydrogen-bond donors (Lipinski definition) is 7. The van der Waals surface area contributed by atoms with Crippen molar-refractivity contribution in [2.24, 2.45) is 29.4 Å². The lowest BCUT2D eigenvalue weighted by Crippen LogP contribution is -2.40. The largest absolute Gasteiger partial charge is 0.481 e. The van der Waals surface area contributed by atoms with Crippen molar-refractivity contribution >= 4 is 114 Å². The van der Waals surface area contributed by atoms with Gasteiger partial charge in [-0.25, -0.2) is 47.2 Å². The molecule has 4 aliphatic heterocycles. The summed E-state index contributed by atoms with van der Waals surface area (Å²) < 4.78 is 66.8. The third-order valence-electron chi connectivity index (χ3n) is 23.4. The predicted molar refractivity (Wildman–Crippen MR) is 482 cm³/mol. The van der Waals surface area contributed by atoms with Crippen LogP contribution in [-0.2, 0) is 38.4 Å². The van der Waals surface area contributed by atoms with E-state index in [9.17, 15) is 51.5 Å². The first kappa shape index (κ1) is 89.2. The fourth-order valence-electron chi connectivity index (χ4n) is 16.1. The molecule has 7 aromatic heterocycles. The third-order valence-corrected chi connectivity index (χ3v) is 24.0. The Kier molecular flexibility index (Phi) is 27.1. The number of carbonyl (C=O) groups excluding carboxylic acids is 7. The summed E-state index contributed by atoms with van der Waals surface area (Å²) in [6, 6.07) is 48.3. The van der Waals surface area contributed by atoms with E-state index in [4.69, 9.17) is 29.8 Å². The van der Waals surface area contributed by atoms with Crippen LogP contribution in [0.5, 0.6) is 23.5 Å². The number of nitrogens with two attached hydrogens (primary N) is 1. The van der Waals surface area contributed by atoms with Gasteiger partial charge in [0.25, 0.3) is 0 Å². The minimum absolute atomic E-state index is 0.00306. The SMILES string of the molecule is COc1cc([C@@H]2[C@@H](NC(=O)C3CC3)CC(=O)N2c2ccc3c(cnn3-c3ccc(F)cc3)c2)ccn1.COc1cc([C@H]2NC(=O)C[C@@H]2N)ccn1.COc1cc([C@H]2NC(=O)C[C@@H]2NC(=O)C2CC2)ccn1.COc1cc([C@H]2[C@H](NC(=O)C3CC3)CC(=O)N2c2ccc3c(cnn3-c3ccc(F)cc3)c2)ccn1.Fc1ccc(-n2ncc3cc(I)ccc32)cc1.O=C(O)C1CC1. The molecule has 8 N–H and O–H groups in total. The maximum atomic E-state index is 13.4. The summed E-state index contributed by atoms with van der Waals surface area (Å²) in [5.74, 6) is 0.468. The Bertz CT molecular complexity index is 6150. The molecule has 35 heteroatoms. The van der Waals surface area contributed by atoms with Crippen LogP contribution in [0, 0.1) is 44.7 Å². The fraction of sp³-hybridized carbons (Fsp3) is 0.295. The molecule has 7 amide bonds. The van der Waals surface area contributed by atoms with Crippen LogP contribution in [0.1, 0.15) is 123 Å². The number of carboxylic acids is 1. The molecule has 8 fully saturated rings. The monoisotopic (exact) mass is 1880 g/mol. The van der Waals surface area contributed by atoms with Crippen molar-refractivity contribution < 1.29 is 75.6 Å². The van der Waals surface area contributed by atoms with Crippen LogP contribution in [0.2, 0.25) is 0 Å². The first-order chi connectivity index (χ1) is 62.9. The van der Waals surface area contributed by atoms with Crippen LogP contribution in [0.3, 0.4) is 0 Å². The summed E-state index contributed by atoms with van der Waals surface area (Å²) in [7, 11) is 6.19. The van der Waals surface area contributed by atoms with Crippen molar-refractivity contribution in [3.63, 3.8) is 0 Å². The van der Waals surface area contributed by atoms with E-state index in [0.717, 1.165) is 123 Å². The normalized spacial score (nSPS) is 20.0. The lowest BCUT2D eigenvalue weighted by Gasteiger charge is -2.29. The van der Waals surface area contributed by atoms with Gasteiger partial charge in [-0.05, 0) is 248 Å². The van der Waals surface area contributed by atoms with Crippen molar-refractivity contribution in [1.82, 2.24) is 75.9 Å². The molecule has 8 aliphatic rings. The number of hydrogen-bond acceptors (Lipinski definition) is 20. The zero-order valence-electron chi connectivity index (χ0n) is 71.0. The smallest absolute Gasteiger partial charge is 0.306 e. The van der Waals surface area contributed by atoms with Crippen LogP contribution in [0.4, 0.5) is 24.5 Å². The van der Waals surface area contributed by atoms with Crippen molar-refractivity contribution in [2.75, 3.05) is 38.2 Å². The molecule has 0 unspecified atom stereocenters. The van der Waals surface area contributed by atoms with E-state index in [1.54, 1.807) is 145 Å². The number of aromatic nitrogens is 10. The molecule has 130 heavy (non-hydrogen) atoms. The van der Waals surface area contributed by atoms with Gasteiger partial charge >= 0.3 is 5.97 Å². The number of amides is 7. The predicted octanol–water partition coefficient (Wildman–Crippen LogP) is 12.7. The fourth-order valence-corrected chi connectivity index (χ4v) is 16.6. The number of carboxylic acid groups (broad SMARTS) is 1. The van der Waals surface area contributed by atoms with E-state index in [2.05, 4.69) is 90.5 Å². The van der Waals surface area contributed by atoms with Crippen LogP contribution < -0.4 is 61.1 Å². The Morgan fingerprint density at radius 1 is 0.400 bits per heavy atom. The summed E-state index contributed by atoms with van der Waals surface area (Å²) in [6.45, 7) is 0. The average molecular weight is 1880 g/mol. The Hall–Kier alpha value is -14.2. The van der Waals surface area contributed by atoms with Crippen molar-refractivity contribution in [2.45, 2.75) is 125 Å². The molecule has 668 valence electrons. The molecule has 0 spiro atoms. The zero-order valence-corrected chi connectivity index (χ0v) is 73.2. The molecular formula is C95H92F3IN18O13. The molecule has 4 aliphatic carbocycles. The standard InChI is InChI=1S/2C27H24FN5O3.C14H17N3O3.C13H8FIN2.C10H13N3O2.C4H6O2/c2*1-36-24-13-17(10-11-29-24)26-22(31-27(35)16-2-3-16)14-25(34)32(26)21-8-9-23-18(12-21)15-30-33(23)20-6-4-19(28)5-7-20;1-20-12-6-9(4-5-15-12)13-10(7-11(18)17-13)16-14(19)8-2-3-8;14-10-1-4-12(5-2-10)17-13-6-3-11(15)7-9(13)8-16-17;1-15-9-4-6(2-3-12-9)10-7(11)5-8(14)13-10;5-4(6)3-1-2-3/h2*4-13,15-16,22,26H,2-3,14H2,1H3,(H,31,35);4-6,8,10,13H,2-3,7H2,1H3,(H,16,19)(H,17,18);1-8H;2-4,7,10H,5,11H2,1H3,(H,13,14);3H,1-2H2,(H,5,6)/t2*22-,26+;10-,13+;;7-,10+;/m100.0./s1. The Morgan fingerprint density at radius 2 is 0.723 bits per heavy atom. The number of pyridine rings is 4. The van der Waals surface area contributed by atoms with Gasteiger partial charge in [0.1, 0.15) is 17.5 Å². The van der Waals surface area contributed by atoms with E-state index in [0.29, 0.717) is 47.7 Å². The molecule has 0 bridgehead atoms. The first-order valence-electron chi connectivity index (χ1n) is 42.4. The summed E-state index contributed by atoms with van der Waals surface area (Å²) >= 11 is 2.27. The minimum atomic E-state index is -0.630. The van der Waals surface area contributed by atoms with Gasteiger partial charge in [0.2, 0.25) is 64.9 Å². The van der Waals surface area contributed by atoms with Crippen LogP contribution in [-0.4, -0.2) is 154 Å². The van der Waals surface area contributed by atoms with Gasteiger partial charge < -0.3 is 66.2 Å². The molecule has 4 saturated carbocycles. The number of ether oxygens (including phenoxy) is 4. The quantitative estimate of drug-likeness (QED) is 0.0348. The van der Waals surface area contributed by atoms with E-state index in [-0.39, 0.29) is 132 Å². The minimum Gasteiger partial charge on any atom is -0.481 e. The number of fused-ring (bicyclic) bond motifs is 3. The molecule has 31 nitrogen and oxygen atoms in total. The zero-order chi connectivity index (χ0) is 91.0. The number of rotatable bonds is 20. The highest BCUT2D eigenvalue weighted by Gasteiger charge is 2.47. The van der Waals surface area contributed by atoms with E-state index in [1.165, 1.54) is 40.0 Å². The van der Waals surface area contributed by atoms with Gasteiger partial charge in [-0.1, -0.05) is 0 Å². The molecule has 6 aromatic carbocycles. The van der Waals surface area contributed by atoms with Gasteiger partial charge in [0, 0.05) is 130 Å². The highest BCUT2D eigenvalue weighted by molar-refractivity contribution is 14.1. The highest BCUT2D eigenvalue weighted by Crippen LogP contribution is 2.44. The van der Waals surface area contributed by atoms with Gasteiger partial charge in [-0.3, -0.25) is 38.4 Å². The summed E-state index contributed by atoms with van der Waals surface area (Å²) in [6.07, 6.45) is 20.2. The van der Waals surface area contributed by atoms with Crippen LogP contribution in [0.25, 0.3) is 49.8 Å². The lowest BCUT2D eigenvalue weighted by atomic mass is 10.00. The second-order valence-corrected chi connectivity index (χ2v) is 33.8. The molecule has 13 aromatic rings. The van der Waals surface area contributed by atoms with E-state index < -0.39 is 18.1 Å². The number of methoxy groups -OCH3 is 4. The van der Waals surface area contributed by atoms with Gasteiger partial charge in [-0.2, -0.15) is 15.3 Å².